The van der Waals surface area contributed by atoms with Crippen molar-refractivity contribution in [1.82, 2.24) is 0 Å². The van der Waals surface area contributed by atoms with Crippen LogP contribution in [0.2, 0.25) is 5.02 Å². The number of amides is 1. The van der Waals surface area contributed by atoms with Crippen molar-refractivity contribution < 1.29 is 22.8 Å². The number of fused-ring (bicyclic) bond motifs is 1. The fourth-order valence-electron chi connectivity index (χ4n) is 1.61. The van der Waals surface area contributed by atoms with Crippen LogP contribution in [-0.4, -0.2) is 24.7 Å². The van der Waals surface area contributed by atoms with Gasteiger partial charge in [0, 0.05) is 0 Å². The summed E-state index contributed by atoms with van der Waals surface area (Å²) in [5.41, 5.74) is -0.316. The predicted molar refractivity (Wildman–Crippen MR) is 54.1 cm³/mol. The van der Waals surface area contributed by atoms with Gasteiger partial charge in [-0.1, -0.05) is 11.6 Å². The smallest absolute Gasteiger partial charge is 0.299 e. The molecule has 17 heavy (non-hydrogen) atoms. The number of ketones is 1. The molecule has 0 aliphatic carbocycles. The number of alkyl halides is 2. The normalized spacial score (nSPS) is 14.8. The number of carbonyl (C=O) groups is 2. The topological polar surface area (TPSA) is 37.4 Å². The Morgan fingerprint density at radius 3 is 2.53 bits per heavy atom. The maximum absolute atomic E-state index is 13.2. The largest absolute Gasteiger partial charge is 0.299 e. The van der Waals surface area contributed by atoms with Crippen LogP contribution in [0.15, 0.2) is 12.1 Å². The first kappa shape index (κ1) is 11.9. The van der Waals surface area contributed by atoms with Crippen molar-refractivity contribution in [1.29, 1.82) is 0 Å². The fourth-order valence-corrected chi connectivity index (χ4v) is 1.77. The van der Waals surface area contributed by atoms with Gasteiger partial charge in [-0.15, -0.1) is 0 Å². The molecule has 1 aliphatic rings. The average Bonchev–Trinajstić information content (AvgIpc) is 2.45. The van der Waals surface area contributed by atoms with E-state index in [0.29, 0.717) is 4.90 Å². The molecular weight excluding hydrogens is 259 g/mol. The summed E-state index contributed by atoms with van der Waals surface area (Å²) in [7, 11) is 0. The molecule has 0 saturated carbocycles. The van der Waals surface area contributed by atoms with Crippen LogP contribution in [0, 0.1) is 5.82 Å². The van der Waals surface area contributed by atoms with E-state index in [1.807, 2.05) is 0 Å². The van der Waals surface area contributed by atoms with Gasteiger partial charge in [0.2, 0.25) is 0 Å². The van der Waals surface area contributed by atoms with E-state index in [-0.39, 0.29) is 16.3 Å². The van der Waals surface area contributed by atoms with Gasteiger partial charge in [0.15, 0.2) is 0 Å². The van der Waals surface area contributed by atoms with Gasteiger partial charge >= 0.3 is 0 Å². The Bertz CT molecular complexity index is 519. The number of rotatable bonds is 2. The third-order valence-corrected chi connectivity index (χ3v) is 2.62. The number of hydrogen-bond donors (Lipinski definition) is 0. The maximum atomic E-state index is 13.2. The molecule has 2 rings (SSSR count). The van der Waals surface area contributed by atoms with Crippen molar-refractivity contribution in [2.45, 2.75) is 6.43 Å². The summed E-state index contributed by atoms with van der Waals surface area (Å²) in [5, 5.41) is -0.330. The van der Waals surface area contributed by atoms with E-state index in [1.165, 1.54) is 0 Å². The fraction of sp³-hybridized carbons (Fsp3) is 0.200. The summed E-state index contributed by atoms with van der Waals surface area (Å²) >= 11 is 5.45. The number of hydrogen-bond acceptors (Lipinski definition) is 2. The van der Waals surface area contributed by atoms with Crippen molar-refractivity contribution in [3.63, 3.8) is 0 Å². The van der Waals surface area contributed by atoms with E-state index in [1.54, 1.807) is 0 Å². The zero-order chi connectivity index (χ0) is 12.7. The van der Waals surface area contributed by atoms with Crippen molar-refractivity contribution in [3.05, 3.63) is 28.5 Å². The van der Waals surface area contributed by atoms with Crippen LogP contribution in [0.5, 0.6) is 0 Å². The van der Waals surface area contributed by atoms with Crippen molar-refractivity contribution in [3.8, 4) is 0 Å². The van der Waals surface area contributed by atoms with Crippen LogP contribution in [0.25, 0.3) is 0 Å². The minimum atomic E-state index is -2.81. The molecular formula is C10H5ClF3NO2. The number of benzene rings is 1. The van der Waals surface area contributed by atoms with Crippen LogP contribution in [0.3, 0.4) is 0 Å². The Hall–Kier alpha value is -1.56. The number of Topliss-reactive ketones (excluding diaryl/α,β-unsaturated/α-hetero) is 1. The first-order valence-corrected chi connectivity index (χ1v) is 4.93. The average molecular weight is 264 g/mol. The molecule has 1 amide bonds. The summed E-state index contributed by atoms with van der Waals surface area (Å²) in [4.78, 5) is 23.4. The molecule has 0 atom stereocenters. The molecule has 0 unspecified atom stereocenters. The van der Waals surface area contributed by atoms with Gasteiger partial charge in [-0.05, 0) is 12.1 Å². The first-order valence-electron chi connectivity index (χ1n) is 4.55. The highest BCUT2D eigenvalue weighted by atomic mass is 35.5. The maximum Gasteiger partial charge on any atom is 0.299 e. The summed E-state index contributed by atoms with van der Waals surface area (Å²) in [6.45, 7) is -0.946. The van der Waals surface area contributed by atoms with Crippen molar-refractivity contribution >= 4 is 29.0 Å². The second kappa shape index (κ2) is 4.03. The zero-order valence-electron chi connectivity index (χ0n) is 8.21. The number of nitrogens with zero attached hydrogens (tertiary/aromatic N) is 1. The summed E-state index contributed by atoms with van der Waals surface area (Å²) in [5.74, 6) is -2.92. The van der Waals surface area contributed by atoms with Crippen molar-refractivity contribution in [2.75, 3.05) is 11.4 Å². The molecule has 7 heteroatoms. The molecule has 0 N–H and O–H groups in total. The highest BCUT2D eigenvalue weighted by molar-refractivity contribution is 6.52. The van der Waals surface area contributed by atoms with Crippen LogP contribution in [0.4, 0.5) is 18.9 Å². The van der Waals surface area contributed by atoms with Gasteiger partial charge in [0.1, 0.15) is 5.82 Å². The monoisotopic (exact) mass is 263 g/mol. The number of anilines is 1. The van der Waals surface area contributed by atoms with Gasteiger partial charge in [-0.3, -0.25) is 14.5 Å². The van der Waals surface area contributed by atoms with Gasteiger partial charge < -0.3 is 0 Å². The Labute approximate surface area is 98.8 Å². The van der Waals surface area contributed by atoms with E-state index in [2.05, 4.69) is 0 Å². The lowest BCUT2D eigenvalue weighted by atomic mass is 10.1. The molecule has 0 fully saturated rings. The summed E-state index contributed by atoms with van der Waals surface area (Å²) in [6, 6.07) is 1.78. The SMILES string of the molecule is O=C1C(=O)N(CC(F)F)c2cc(F)c(Cl)cc21. The van der Waals surface area contributed by atoms with Gasteiger partial charge in [-0.25, -0.2) is 13.2 Å². The summed E-state index contributed by atoms with van der Waals surface area (Å²) in [6.07, 6.45) is -2.81. The molecule has 1 aromatic rings. The minimum Gasteiger partial charge on any atom is -0.299 e. The Kier molecular flexibility index (Phi) is 2.82. The second-order valence-corrected chi connectivity index (χ2v) is 3.83. The molecule has 0 saturated heterocycles. The van der Waals surface area contributed by atoms with Gasteiger partial charge in [0.25, 0.3) is 18.1 Å². The standard InChI is InChI=1S/C10H5ClF3NO2/c11-5-1-4-7(2-6(5)12)15(3-8(13)14)10(17)9(4)16/h1-2,8H,3H2. The van der Waals surface area contributed by atoms with E-state index in [4.69, 9.17) is 11.6 Å². The highest BCUT2D eigenvalue weighted by Gasteiger charge is 2.37. The third-order valence-electron chi connectivity index (χ3n) is 2.33. The zero-order valence-corrected chi connectivity index (χ0v) is 8.97. The Morgan fingerprint density at radius 1 is 1.29 bits per heavy atom. The molecule has 0 bridgehead atoms. The quantitative estimate of drug-likeness (QED) is 0.768. The lowest BCUT2D eigenvalue weighted by molar-refractivity contribution is -0.114. The minimum absolute atomic E-state index is 0.151. The lowest BCUT2D eigenvalue weighted by Crippen LogP contribution is -2.33. The van der Waals surface area contributed by atoms with Crippen LogP contribution in [0.1, 0.15) is 10.4 Å². The Balaban J connectivity index is 2.52. The van der Waals surface area contributed by atoms with Gasteiger partial charge in [-0.2, -0.15) is 0 Å². The van der Waals surface area contributed by atoms with Crippen LogP contribution < -0.4 is 4.90 Å². The van der Waals surface area contributed by atoms with Gasteiger partial charge in [0.05, 0.1) is 22.8 Å². The molecule has 0 spiro atoms. The molecule has 1 heterocycles. The molecule has 0 aromatic heterocycles. The van der Waals surface area contributed by atoms with Crippen molar-refractivity contribution in [2.24, 2.45) is 0 Å². The first-order chi connectivity index (χ1) is 7.91. The molecule has 1 aromatic carbocycles. The van der Waals surface area contributed by atoms with E-state index in [9.17, 15) is 22.8 Å². The Morgan fingerprint density at radius 2 is 1.94 bits per heavy atom. The molecule has 90 valence electrons. The molecule has 0 radical (unpaired) electrons. The van der Waals surface area contributed by atoms with E-state index >= 15 is 0 Å². The number of carbonyl (C=O) groups excluding carboxylic acids is 2. The number of halogens is 4. The van der Waals surface area contributed by atoms with Crippen LogP contribution >= 0.6 is 11.6 Å². The highest BCUT2D eigenvalue weighted by Crippen LogP contribution is 2.33. The van der Waals surface area contributed by atoms with Crippen LogP contribution in [-0.2, 0) is 4.79 Å². The summed E-state index contributed by atoms with van der Waals surface area (Å²) < 4.78 is 37.6. The second-order valence-electron chi connectivity index (χ2n) is 3.42. The third kappa shape index (κ3) is 1.88. The predicted octanol–water partition coefficient (Wildman–Crippen LogP) is 2.27. The lowest BCUT2D eigenvalue weighted by Gasteiger charge is -2.15. The molecule has 3 nitrogen and oxygen atoms in total. The van der Waals surface area contributed by atoms with E-state index in [0.717, 1.165) is 12.1 Å². The molecule has 1 aliphatic heterocycles. The van der Waals surface area contributed by atoms with E-state index < -0.39 is 30.5 Å².